The van der Waals surface area contributed by atoms with Gasteiger partial charge in [0.1, 0.15) is 5.76 Å². The molecule has 114 valence electrons. The van der Waals surface area contributed by atoms with Gasteiger partial charge in [-0.05, 0) is 32.0 Å². The summed E-state index contributed by atoms with van der Waals surface area (Å²) in [6.07, 6.45) is 2.45. The highest BCUT2D eigenvalue weighted by atomic mass is 16.5. The molecule has 1 unspecified atom stereocenters. The molecule has 0 aromatic carbocycles. The molecule has 0 aliphatic carbocycles. The third-order valence-corrected chi connectivity index (χ3v) is 3.18. The molecule has 6 nitrogen and oxygen atoms in total. The van der Waals surface area contributed by atoms with Crippen LogP contribution in [0.25, 0.3) is 0 Å². The Hall–Kier alpha value is -1.37. The second-order valence-corrected chi connectivity index (χ2v) is 4.64. The maximum atomic E-state index is 12.1. The van der Waals surface area contributed by atoms with Gasteiger partial charge in [0, 0.05) is 20.2 Å². The van der Waals surface area contributed by atoms with Gasteiger partial charge in [-0.25, -0.2) is 0 Å². The summed E-state index contributed by atoms with van der Waals surface area (Å²) in [6, 6.07) is 3.42. The van der Waals surface area contributed by atoms with Crippen molar-refractivity contribution >= 4 is 5.91 Å². The normalized spacial score (nSPS) is 12.6. The van der Waals surface area contributed by atoms with Gasteiger partial charge < -0.3 is 20.2 Å². The standard InChI is InChI=1S/C14H25N3O3/c1-12(17(7-4-6-15)8-10-19-2)14(18)16-11-13-5-3-9-20-13/h3,5,9,12H,4,6-8,10-11,15H2,1-2H3,(H,16,18). The molecule has 1 aromatic rings. The Morgan fingerprint density at radius 2 is 2.35 bits per heavy atom. The van der Waals surface area contributed by atoms with Crippen LogP contribution in [0.2, 0.25) is 0 Å². The number of furan rings is 1. The summed E-state index contributed by atoms with van der Waals surface area (Å²) in [5.74, 6) is 0.727. The SMILES string of the molecule is COCCN(CCCN)C(C)C(=O)NCc1ccco1. The van der Waals surface area contributed by atoms with Crippen LogP contribution in [0.15, 0.2) is 22.8 Å². The number of nitrogens with two attached hydrogens (primary N) is 1. The molecule has 0 spiro atoms. The van der Waals surface area contributed by atoms with Crippen molar-refractivity contribution in [3.63, 3.8) is 0 Å². The summed E-state index contributed by atoms with van der Waals surface area (Å²) < 4.78 is 10.3. The fourth-order valence-electron chi connectivity index (χ4n) is 1.90. The van der Waals surface area contributed by atoms with Crippen molar-refractivity contribution in [1.82, 2.24) is 10.2 Å². The molecule has 1 rings (SSSR count). The first-order valence-corrected chi connectivity index (χ1v) is 6.92. The van der Waals surface area contributed by atoms with Crippen molar-refractivity contribution in [2.45, 2.75) is 25.9 Å². The van der Waals surface area contributed by atoms with E-state index >= 15 is 0 Å². The second-order valence-electron chi connectivity index (χ2n) is 4.64. The average Bonchev–Trinajstić information content (AvgIpc) is 2.97. The van der Waals surface area contributed by atoms with Gasteiger partial charge in [0.05, 0.1) is 25.5 Å². The van der Waals surface area contributed by atoms with E-state index in [0.717, 1.165) is 18.7 Å². The molecular formula is C14H25N3O3. The maximum Gasteiger partial charge on any atom is 0.237 e. The summed E-state index contributed by atoms with van der Waals surface area (Å²) in [7, 11) is 1.66. The van der Waals surface area contributed by atoms with Gasteiger partial charge in [-0.15, -0.1) is 0 Å². The van der Waals surface area contributed by atoms with Gasteiger partial charge in [0.15, 0.2) is 0 Å². The van der Waals surface area contributed by atoms with E-state index in [-0.39, 0.29) is 11.9 Å². The van der Waals surface area contributed by atoms with E-state index in [1.54, 1.807) is 19.4 Å². The van der Waals surface area contributed by atoms with Gasteiger partial charge in [-0.1, -0.05) is 0 Å². The lowest BCUT2D eigenvalue weighted by molar-refractivity contribution is -0.126. The molecule has 0 fully saturated rings. The minimum absolute atomic E-state index is 0.0190. The largest absolute Gasteiger partial charge is 0.467 e. The van der Waals surface area contributed by atoms with E-state index in [0.29, 0.717) is 26.2 Å². The summed E-state index contributed by atoms with van der Waals surface area (Å²) >= 11 is 0. The number of ether oxygens (including phenoxy) is 1. The lowest BCUT2D eigenvalue weighted by atomic mass is 10.2. The third-order valence-electron chi connectivity index (χ3n) is 3.18. The quantitative estimate of drug-likeness (QED) is 0.656. The number of methoxy groups -OCH3 is 1. The Bertz CT molecular complexity index is 360. The zero-order chi connectivity index (χ0) is 14.8. The minimum atomic E-state index is -0.216. The fraction of sp³-hybridized carbons (Fsp3) is 0.643. The van der Waals surface area contributed by atoms with Crippen molar-refractivity contribution in [2.75, 3.05) is 33.4 Å². The topological polar surface area (TPSA) is 80.7 Å². The van der Waals surface area contributed by atoms with Crippen molar-refractivity contribution in [1.29, 1.82) is 0 Å². The molecule has 0 aliphatic heterocycles. The van der Waals surface area contributed by atoms with Crippen LogP contribution < -0.4 is 11.1 Å². The molecule has 0 saturated heterocycles. The van der Waals surface area contributed by atoms with Crippen LogP contribution in [0.4, 0.5) is 0 Å². The van der Waals surface area contributed by atoms with Gasteiger partial charge in [-0.3, -0.25) is 9.69 Å². The predicted molar refractivity (Wildman–Crippen MR) is 77.1 cm³/mol. The Labute approximate surface area is 120 Å². The van der Waals surface area contributed by atoms with E-state index in [1.807, 2.05) is 13.0 Å². The zero-order valence-electron chi connectivity index (χ0n) is 12.3. The van der Waals surface area contributed by atoms with E-state index in [1.165, 1.54) is 0 Å². The van der Waals surface area contributed by atoms with E-state index in [9.17, 15) is 4.79 Å². The molecule has 0 radical (unpaired) electrons. The van der Waals surface area contributed by atoms with Crippen molar-refractivity contribution < 1.29 is 13.9 Å². The Balaban J connectivity index is 2.44. The number of amides is 1. The predicted octanol–water partition coefficient (Wildman–Crippen LogP) is 0.582. The minimum Gasteiger partial charge on any atom is -0.467 e. The number of hydrogen-bond donors (Lipinski definition) is 2. The van der Waals surface area contributed by atoms with Crippen molar-refractivity contribution in [3.8, 4) is 0 Å². The molecule has 20 heavy (non-hydrogen) atoms. The van der Waals surface area contributed by atoms with Crippen LogP contribution >= 0.6 is 0 Å². The van der Waals surface area contributed by atoms with Crippen LogP contribution in [0.1, 0.15) is 19.1 Å². The van der Waals surface area contributed by atoms with Gasteiger partial charge >= 0.3 is 0 Å². The molecule has 1 aromatic heterocycles. The molecule has 0 bridgehead atoms. The Morgan fingerprint density at radius 3 is 2.95 bits per heavy atom. The highest BCUT2D eigenvalue weighted by molar-refractivity contribution is 5.81. The summed E-state index contributed by atoms with van der Waals surface area (Å²) in [5.41, 5.74) is 5.53. The number of carbonyl (C=O) groups is 1. The van der Waals surface area contributed by atoms with Crippen LogP contribution in [0, 0.1) is 0 Å². The molecule has 3 N–H and O–H groups in total. The monoisotopic (exact) mass is 283 g/mol. The Kier molecular flexibility index (Phi) is 7.94. The molecule has 0 aliphatic rings. The first-order chi connectivity index (χ1) is 9.69. The van der Waals surface area contributed by atoms with Gasteiger partial charge in [0.2, 0.25) is 5.91 Å². The first-order valence-electron chi connectivity index (χ1n) is 6.92. The molecule has 6 heteroatoms. The molecule has 0 saturated carbocycles. The van der Waals surface area contributed by atoms with E-state index in [2.05, 4.69) is 10.2 Å². The Morgan fingerprint density at radius 1 is 1.55 bits per heavy atom. The summed E-state index contributed by atoms with van der Waals surface area (Å²) in [5, 5.41) is 2.87. The maximum absolute atomic E-state index is 12.1. The van der Waals surface area contributed by atoms with Crippen LogP contribution in [-0.2, 0) is 16.1 Å². The molecular weight excluding hydrogens is 258 g/mol. The molecule has 1 heterocycles. The number of hydrogen-bond acceptors (Lipinski definition) is 5. The average molecular weight is 283 g/mol. The van der Waals surface area contributed by atoms with Gasteiger partial charge in [-0.2, -0.15) is 0 Å². The van der Waals surface area contributed by atoms with Gasteiger partial charge in [0.25, 0.3) is 0 Å². The fourth-order valence-corrected chi connectivity index (χ4v) is 1.90. The third kappa shape index (κ3) is 5.73. The molecule has 1 atom stereocenters. The smallest absolute Gasteiger partial charge is 0.237 e. The number of rotatable bonds is 10. The number of nitrogens with zero attached hydrogens (tertiary/aromatic N) is 1. The van der Waals surface area contributed by atoms with E-state index in [4.69, 9.17) is 14.9 Å². The van der Waals surface area contributed by atoms with Crippen molar-refractivity contribution in [2.24, 2.45) is 5.73 Å². The van der Waals surface area contributed by atoms with Crippen LogP contribution in [0.3, 0.4) is 0 Å². The first kappa shape index (κ1) is 16.7. The number of nitrogens with one attached hydrogen (secondary N) is 1. The molecule has 1 amide bonds. The highest BCUT2D eigenvalue weighted by Crippen LogP contribution is 2.03. The summed E-state index contributed by atoms with van der Waals surface area (Å²) in [4.78, 5) is 14.2. The summed E-state index contributed by atoms with van der Waals surface area (Å²) in [6.45, 7) is 5.01. The number of carbonyl (C=O) groups excluding carboxylic acids is 1. The highest BCUT2D eigenvalue weighted by Gasteiger charge is 2.20. The zero-order valence-corrected chi connectivity index (χ0v) is 12.3. The van der Waals surface area contributed by atoms with Crippen LogP contribution in [0.5, 0.6) is 0 Å². The lowest BCUT2D eigenvalue weighted by Crippen LogP contribution is -2.46. The second kappa shape index (κ2) is 9.52. The van der Waals surface area contributed by atoms with Crippen LogP contribution in [-0.4, -0.2) is 50.2 Å². The lowest BCUT2D eigenvalue weighted by Gasteiger charge is -2.27. The van der Waals surface area contributed by atoms with E-state index < -0.39 is 0 Å². The van der Waals surface area contributed by atoms with Crippen molar-refractivity contribution in [3.05, 3.63) is 24.2 Å².